The Morgan fingerprint density at radius 1 is 0.905 bits per heavy atom. The molecule has 0 aromatic heterocycles. The molecule has 0 saturated heterocycles. The Morgan fingerprint density at radius 3 is 2.24 bits per heavy atom. The number of hydrogen-bond acceptors (Lipinski definition) is 3. The maximum atomic E-state index is 12.0. The van der Waals surface area contributed by atoms with Crippen molar-refractivity contribution in [2.75, 3.05) is 0 Å². The summed E-state index contributed by atoms with van der Waals surface area (Å²) < 4.78 is 10.6. The first kappa shape index (κ1) is 15.1. The molecule has 0 aliphatic rings. The summed E-state index contributed by atoms with van der Waals surface area (Å²) in [6.07, 6.45) is 1.02. The number of para-hydroxylation sites is 1. The van der Waals surface area contributed by atoms with Gasteiger partial charge in [-0.15, -0.1) is 0 Å². The van der Waals surface area contributed by atoms with Gasteiger partial charge in [-0.05, 0) is 48.6 Å². The summed E-state index contributed by atoms with van der Waals surface area (Å²) in [5.74, 6) is 1.10. The predicted molar refractivity (Wildman–Crippen MR) is 83.0 cm³/mol. The molecular weight excluding hydrogens is 264 g/mol. The van der Waals surface area contributed by atoms with Crippen LogP contribution in [0.1, 0.15) is 30.5 Å². The van der Waals surface area contributed by atoms with E-state index in [0.29, 0.717) is 11.5 Å². The third-order valence-corrected chi connectivity index (χ3v) is 3.44. The molecule has 0 N–H and O–H groups in total. The Bertz CT molecular complexity index is 632. The van der Waals surface area contributed by atoms with Crippen molar-refractivity contribution in [1.82, 2.24) is 0 Å². The average molecular weight is 284 g/mol. The van der Waals surface area contributed by atoms with Crippen LogP contribution in [0.3, 0.4) is 0 Å². The van der Waals surface area contributed by atoms with Crippen LogP contribution in [0.4, 0.5) is 4.79 Å². The molecule has 2 rings (SSSR count). The number of aryl methyl sites for hydroxylation is 2. The van der Waals surface area contributed by atoms with Gasteiger partial charge in [0.05, 0.1) is 0 Å². The van der Waals surface area contributed by atoms with Crippen LogP contribution in [0.25, 0.3) is 0 Å². The smallest absolute Gasteiger partial charge is 0.394 e. The van der Waals surface area contributed by atoms with Crippen LogP contribution in [-0.4, -0.2) is 6.16 Å². The lowest BCUT2D eigenvalue weighted by molar-refractivity contribution is 0.151. The van der Waals surface area contributed by atoms with Crippen LogP contribution >= 0.6 is 0 Å². The molecule has 0 fully saturated rings. The van der Waals surface area contributed by atoms with E-state index in [1.54, 1.807) is 12.1 Å². The first-order chi connectivity index (χ1) is 10.2. The molecule has 3 heteroatoms. The first-order valence-corrected chi connectivity index (χ1v) is 7.21. The van der Waals surface area contributed by atoms with Crippen LogP contribution in [0.5, 0.6) is 11.5 Å². The van der Waals surface area contributed by atoms with Crippen LogP contribution in [0.2, 0.25) is 0 Å². The van der Waals surface area contributed by atoms with Gasteiger partial charge >= 0.3 is 6.16 Å². The summed E-state index contributed by atoms with van der Waals surface area (Å²) in [6, 6.07) is 13.1. The minimum Gasteiger partial charge on any atom is -0.394 e. The van der Waals surface area contributed by atoms with Gasteiger partial charge in [-0.1, -0.05) is 44.2 Å². The molecule has 0 amide bonds. The van der Waals surface area contributed by atoms with E-state index in [4.69, 9.17) is 9.47 Å². The van der Waals surface area contributed by atoms with Crippen LogP contribution in [0, 0.1) is 6.92 Å². The number of rotatable bonds is 4. The summed E-state index contributed by atoms with van der Waals surface area (Å²) in [7, 11) is 0. The lowest BCUT2D eigenvalue weighted by atomic mass is 10.0. The fourth-order valence-electron chi connectivity index (χ4n) is 2.31. The highest BCUT2D eigenvalue weighted by atomic mass is 16.7. The van der Waals surface area contributed by atoms with Crippen molar-refractivity contribution in [2.45, 2.75) is 33.6 Å². The van der Waals surface area contributed by atoms with E-state index in [1.807, 2.05) is 38.1 Å². The van der Waals surface area contributed by atoms with Gasteiger partial charge in [-0.25, -0.2) is 4.79 Å². The lowest BCUT2D eigenvalue weighted by Gasteiger charge is -2.13. The number of carbonyl (C=O) groups is 1. The van der Waals surface area contributed by atoms with Gasteiger partial charge in [0.2, 0.25) is 0 Å². The van der Waals surface area contributed by atoms with Gasteiger partial charge in [-0.2, -0.15) is 0 Å². The van der Waals surface area contributed by atoms with Gasteiger partial charge in [0.15, 0.2) is 0 Å². The largest absolute Gasteiger partial charge is 0.519 e. The second kappa shape index (κ2) is 6.93. The molecule has 0 aliphatic carbocycles. The van der Waals surface area contributed by atoms with E-state index < -0.39 is 6.16 Å². The van der Waals surface area contributed by atoms with Crippen molar-refractivity contribution in [3.8, 4) is 11.5 Å². The fourth-order valence-corrected chi connectivity index (χ4v) is 2.31. The van der Waals surface area contributed by atoms with Gasteiger partial charge in [-0.3, -0.25) is 0 Å². The van der Waals surface area contributed by atoms with Crippen molar-refractivity contribution in [2.24, 2.45) is 0 Å². The maximum Gasteiger partial charge on any atom is 0.519 e. The van der Waals surface area contributed by atoms with E-state index in [2.05, 4.69) is 13.0 Å². The molecule has 0 radical (unpaired) electrons. The SMILES string of the molecule is CCc1cccc(OC(=O)Oc2ccccc2C)c1CC. The Morgan fingerprint density at radius 2 is 1.57 bits per heavy atom. The zero-order valence-corrected chi connectivity index (χ0v) is 12.7. The molecule has 0 aliphatic heterocycles. The van der Waals surface area contributed by atoms with Crippen LogP contribution in [-0.2, 0) is 12.8 Å². The molecule has 0 spiro atoms. The van der Waals surface area contributed by atoms with Crippen molar-refractivity contribution in [3.05, 3.63) is 59.2 Å². The minimum atomic E-state index is -0.702. The standard InChI is InChI=1S/C18H20O3/c1-4-14-10-8-12-17(15(14)5-2)21-18(19)20-16-11-7-6-9-13(16)3/h6-12H,4-5H2,1-3H3. The molecule has 3 nitrogen and oxygen atoms in total. The second-order valence-electron chi connectivity index (χ2n) is 4.82. The summed E-state index contributed by atoms with van der Waals surface area (Å²) in [4.78, 5) is 12.0. The average Bonchev–Trinajstić information content (AvgIpc) is 2.49. The van der Waals surface area contributed by atoms with E-state index in [1.165, 1.54) is 5.56 Å². The maximum absolute atomic E-state index is 12.0. The predicted octanol–water partition coefficient (Wildman–Crippen LogP) is 4.70. The fraction of sp³-hybridized carbons (Fsp3) is 0.278. The van der Waals surface area contributed by atoms with Gasteiger partial charge in [0.1, 0.15) is 11.5 Å². The molecule has 0 heterocycles. The van der Waals surface area contributed by atoms with E-state index >= 15 is 0 Å². The summed E-state index contributed by atoms with van der Waals surface area (Å²) in [5, 5.41) is 0. The molecule has 21 heavy (non-hydrogen) atoms. The second-order valence-corrected chi connectivity index (χ2v) is 4.82. The molecule has 0 bridgehead atoms. The summed E-state index contributed by atoms with van der Waals surface area (Å²) in [6.45, 7) is 6.02. The third kappa shape index (κ3) is 3.63. The molecule has 110 valence electrons. The molecule has 0 unspecified atom stereocenters. The van der Waals surface area contributed by atoms with Crippen molar-refractivity contribution in [3.63, 3.8) is 0 Å². The Labute approximate surface area is 125 Å². The van der Waals surface area contributed by atoms with Crippen molar-refractivity contribution < 1.29 is 14.3 Å². The Hall–Kier alpha value is -2.29. The lowest BCUT2D eigenvalue weighted by Crippen LogP contribution is -2.15. The minimum absolute atomic E-state index is 0.521. The van der Waals surface area contributed by atoms with Crippen LogP contribution < -0.4 is 9.47 Å². The first-order valence-electron chi connectivity index (χ1n) is 7.21. The van der Waals surface area contributed by atoms with Crippen LogP contribution in [0.15, 0.2) is 42.5 Å². The summed E-state index contributed by atoms with van der Waals surface area (Å²) >= 11 is 0. The number of hydrogen-bond donors (Lipinski definition) is 0. The molecule has 2 aromatic carbocycles. The number of benzene rings is 2. The van der Waals surface area contributed by atoms with Crippen molar-refractivity contribution in [1.29, 1.82) is 0 Å². The highest BCUT2D eigenvalue weighted by Gasteiger charge is 2.13. The van der Waals surface area contributed by atoms with E-state index in [-0.39, 0.29) is 0 Å². The Balaban J connectivity index is 2.15. The molecular formula is C18H20O3. The number of carbonyl (C=O) groups excluding carboxylic acids is 1. The van der Waals surface area contributed by atoms with Gasteiger partial charge < -0.3 is 9.47 Å². The van der Waals surface area contributed by atoms with Crippen molar-refractivity contribution >= 4 is 6.16 Å². The van der Waals surface area contributed by atoms with Gasteiger partial charge in [0, 0.05) is 0 Å². The summed E-state index contributed by atoms with van der Waals surface area (Å²) in [5.41, 5.74) is 3.15. The van der Waals surface area contributed by atoms with Gasteiger partial charge in [0.25, 0.3) is 0 Å². The quantitative estimate of drug-likeness (QED) is 0.603. The topological polar surface area (TPSA) is 35.5 Å². The highest BCUT2D eigenvalue weighted by Crippen LogP contribution is 2.25. The van der Waals surface area contributed by atoms with E-state index in [0.717, 1.165) is 24.0 Å². The highest BCUT2D eigenvalue weighted by molar-refractivity contribution is 5.68. The zero-order chi connectivity index (χ0) is 15.2. The monoisotopic (exact) mass is 284 g/mol. The zero-order valence-electron chi connectivity index (χ0n) is 12.7. The Kier molecular flexibility index (Phi) is 4.99. The molecule has 0 atom stereocenters. The number of ether oxygens (including phenoxy) is 2. The van der Waals surface area contributed by atoms with E-state index in [9.17, 15) is 4.79 Å². The normalized spacial score (nSPS) is 10.2. The third-order valence-electron chi connectivity index (χ3n) is 3.44. The molecule has 2 aromatic rings. The molecule has 0 saturated carbocycles.